The first-order valence-electron chi connectivity index (χ1n) is 6.69. The summed E-state index contributed by atoms with van der Waals surface area (Å²) in [6.07, 6.45) is 4.40. The maximum Gasteiger partial charge on any atom is 0.387 e. The lowest BCUT2D eigenvalue weighted by Gasteiger charge is -2.10. The van der Waals surface area contributed by atoms with E-state index in [-0.39, 0.29) is 23.5 Å². The molecule has 2 aromatic rings. The number of hydrogen-bond acceptors (Lipinski definition) is 3. The fourth-order valence-electron chi connectivity index (χ4n) is 2.09. The topological polar surface area (TPSA) is 44.1 Å². The van der Waals surface area contributed by atoms with Crippen molar-refractivity contribution >= 4 is 5.78 Å². The quantitative estimate of drug-likeness (QED) is 0.736. The van der Waals surface area contributed by atoms with Crippen LogP contribution >= 0.6 is 0 Å². The number of nitrogens with zero attached hydrogens (tertiary/aromatic N) is 2. The molecule has 0 fully saturated rings. The van der Waals surface area contributed by atoms with Crippen molar-refractivity contribution in [1.82, 2.24) is 9.55 Å². The standard InChI is InChI=1S/C15H16F2N2O2/c1-2-8-19-9-7-18-14(19)10-12(20)11-5-3-4-6-13(11)21-15(16)17/h3-7,9,15H,2,8,10H2,1H3. The molecule has 112 valence electrons. The van der Waals surface area contributed by atoms with E-state index in [1.807, 2.05) is 11.5 Å². The molecular weight excluding hydrogens is 278 g/mol. The van der Waals surface area contributed by atoms with Crippen LogP contribution in [0.4, 0.5) is 8.78 Å². The third kappa shape index (κ3) is 3.87. The number of ether oxygens (including phenoxy) is 1. The Kier molecular flexibility index (Phi) is 5.03. The summed E-state index contributed by atoms with van der Waals surface area (Å²) in [4.78, 5) is 16.4. The maximum atomic E-state index is 12.4. The number of alkyl halides is 2. The number of aromatic nitrogens is 2. The SMILES string of the molecule is CCCn1ccnc1CC(=O)c1ccccc1OC(F)F. The van der Waals surface area contributed by atoms with Gasteiger partial charge in [-0.3, -0.25) is 4.79 Å². The van der Waals surface area contributed by atoms with Gasteiger partial charge in [0.2, 0.25) is 0 Å². The number of halogens is 2. The molecule has 0 unspecified atom stereocenters. The molecule has 0 spiro atoms. The van der Waals surface area contributed by atoms with Gasteiger partial charge in [-0.2, -0.15) is 8.78 Å². The van der Waals surface area contributed by atoms with E-state index in [4.69, 9.17) is 0 Å². The fraction of sp³-hybridized carbons (Fsp3) is 0.333. The molecule has 0 bridgehead atoms. The lowest BCUT2D eigenvalue weighted by Crippen LogP contribution is -2.13. The largest absolute Gasteiger partial charge is 0.434 e. The van der Waals surface area contributed by atoms with Crippen molar-refractivity contribution in [3.8, 4) is 5.75 Å². The molecule has 0 saturated heterocycles. The third-order valence-corrected chi connectivity index (χ3v) is 2.99. The van der Waals surface area contributed by atoms with Gasteiger partial charge in [-0.15, -0.1) is 0 Å². The van der Waals surface area contributed by atoms with Crippen molar-refractivity contribution in [2.45, 2.75) is 32.9 Å². The van der Waals surface area contributed by atoms with Crippen LogP contribution in [0, 0.1) is 0 Å². The summed E-state index contributed by atoms with van der Waals surface area (Å²) in [6, 6.07) is 6.00. The van der Waals surface area contributed by atoms with Crippen molar-refractivity contribution in [2.24, 2.45) is 0 Å². The lowest BCUT2D eigenvalue weighted by molar-refractivity contribution is -0.0501. The molecule has 6 heteroatoms. The summed E-state index contributed by atoms with van der Waals surface area (Å²) >= 11 is 0. The zero-order valence-electron chi connectivity index (χ0n) is 11.6. The minimum atomic E-state index is -2.96. The third-order valence-electron chi connectivity index (χ3n) is 2.99. The number of imidazole rings is 1. The highest BCUT2D eigenvalue weighted by Crippen LogP contribution is 2.22. The van der Waals surface area contributed by atoms with E-state index in [0.717, 1.165) is 13.0 Å². The Bertz CT molecular complexity index is 611. The first kappa shape index (κ1) is 15.2. The lowest BCUT2D eigenvalue weighted by atomic mass is 10.1. The number of para-hydroxylation sites is 1. The first-order valence-corrected chi connectivity index (χ1v) is 6.69. The molecule has 0 aliphatic heterocycles. The molecule has 4 nitrogen and oxygen atoms in total. The molecular formula is C15H16F2N2O2. The molecule has 0 radical (unpaired) electrons. The van der Waals surface area contributed by atoms with Crippen LogP contribution in [0.15, 0.2) is 36.7 Å². The van der Waals surface area contributed by atoms with E-state index in [1.54, 1.807) is 24.5 Å². The molecule has 0 N–H and O–H groups in total. The minimum Gasteiger partial charge on any atom is -0.434 e. The van der Waals surface area contributed by atoms with Gasteiger partial charge in [0.1, 0.15) is 11.6 Å². The summed E-state index contributed by atoms with van der Waals surface area (Å²) < 4.78 is 31.0. The van der Waals surface area contributed by atoms with Gasteiger partial charge in [0.05, 0.1) is 12.0 Å². The van der Waals surface area contributed by atoms with Crippen molar-refractivity contribution < 1.29 is 18.3 Å². The Hall–Kier alpha value is -2.24. The molecule has 0 aliphatic rings. The molecule has 1 aromatic carbocycles. The Balaban J connectivity index is 2.18. The van der Waals surface area contributed by atoms with Crippen LogP contribution in [0.1, 0.15) is 29.5 Å². The number of rotatable bonds is 7. The van der Waals surface area contributed by atoms with Crippen LogP contribution in [0.3, 0.4) is 0 Å². The number of ketones is 1. The Morgan fingerprint density at radius 1 is 1.38 bits per heavy atom. The highest BCUT2D eigenvalue weighted by atomic mass is 19.3. The first-order chi connectivity index (χ1) is 10.1. The predicted octanol–water partition coefficient (Wildman–Crippen LogP) is 3.32. The van der Waals surface area contributed by atoms with Crippen LogP contribution in [0.2, 0.25) is 0 Å². The number of aryl methyl sites for hydroxylation is 1. The second-order valence-electron chi connectivity index (χ2n) is 4.51. The summed E-state index contributed by atoms with van der Waals surface area (Å²) in [6.45, 7) is -0.171. The Morgan fingerprint density at radius 3 is 2.86 bits per heavy atom. The smallest absolute Gasteiger partial charge is 0.387 e. The van der Waals surface area contributed by atoms with Crippen LogP contribution in [-0.2, 0) is 13.0 Å². The Labute approximate surface area is 121 Å². The van der Waals surface area contributed by atoms with E-state index >= 15 is 0 Å². The van der Waals surface area contributed by atoms with E-state index in [1.165, 1.54) is 12.1 Å². The molecule has 0 atom stereocenters. The molecule has 0 amide bonds. The second-order valence-corrected chi connectivity index (χ2v) is 4.51. The van der Waals surface area contributed by atoms with Gasteiger partial charge in [-0.05, 0) is 18.6 Å². The van der Waals surface area contributed by atoms with Crippen LogP contribution in [0.5, 0.6) is 5.75 Å². The molecule has 0 saturated carbocycles. The van der Waals surface area contributed by atoms with Crippen molar-refractivity contribution in [1.29, 1.82) is 0 Å². The van der Waals surface area contributed by atoms with E-state index in [9.17, 15) is 13.6 Å². The van der Waals surface area contributed by atoms with Crippen LogP contribution < -0.4 is 4.74 Å². The molecule has 21 heavy (non-hydrogen) atoms. The van der Waals surface area contributed by atoms with Gasteiger partial charge in [-0.1, -0.05) is 19.1 Å². The number of carbonyl (C=O) groups is 1. The molecule has 1 heterocycles. The number of benzene rings is 1. The van der Waals surface area contributed by atoms with Crippen molar-refractivity contribution in [3.05, 3.63) is 48.0 Å². The van der Waals surface area contributed by atoms with Crippen molar-refractivity contribution in [2.75, 3.05) is 0 Å². The normalized spacial score (nSPS) is 10.9. The highest BCUT2D eigenvalue weighted by molar-refractivity contribution is 5.99. The maximum absolute atomic E-state index is 12.4. The summed E-state index contributed by atoms with van der Waals surface area (Å²) in [5.74, 6) is 0.217. The highest BCUT2D eigenvalue weighted by Gasteiger charge is 2.17. The zero-order valence-corrected chi connectivity index (χ0v) is 11.6. The van der Waals surface area contributed by atoms with Crippen LogP contribution in [-0.4, -0.2) is 21.9 Å². The van der Waals surface area contributed by atoms with Crippen LogP contribution in [0.25, 0.3) is 0 Å². The van der Waals surface area contributed by atoms with E-state index in [0.29, 0.717) is 5.82 Å². The summed E-state index contributed by atoms with van der Waals surface area (Å²) in [7, 11) is 0. The number of carbonyl (C=O) groups excluding carboxylic acids is 1. The van der Waals surface area contributed by atoms with E-state index < -0.39 is 6.61 Å². The van der Waals surface area contributed by atoms with Gasteiger partial charge in [0.25, 0.3) is 0 Å². The van der Waals surface area contributed by atoms with Gasteiger partial charge in [-0.25, -0.2) is 4.98 Å². The molecule has 1 aromatic heterocycles. The van der Waals surface area contributed by atoms with Gasteiger partial charge >= 0.3 is 6.61 Å². The van der Waals surface area contributed by atoms with Crippen molar-refractivity contribution in [3.63, 3.8) is 0 Å². The van der Waals surface area contributed by atoms with Gasteiger partial charge < -0.3 is 9.30 Å². The fourth-order valence-corrected chi connectivity index (χ4v) is 2.09. The number of Topliss-reactive ketones (excluding diaryl/α,β-unsaturated/α-hetero) is 1. The Morgan fingerprint density at radius 2 is 2.14 bits per heavy atom. The van der Waals surface area contributed by atoms with Gasteiger partial charge in [0, 0.05) is 18.9 Å². The zero-order chi connectivity index (χ0) is 15.2. The molecule has 2 rings (SSSR count). The summed E-state index contributed by atoms with van der Waals surface area (Å²) in [5, 5.41) is 0. The minimum absolute atomic E-state index is 0.0522. The monoisotopic (exact) mass is 294 g/mol. The van der Waals surface area contributed by atoms with E-state index in [2.05, 4.69) is 9.72 Å². The second kappa shape index (κ2) is 6.97. The molecule has 0 aliphatic carbocycles. The number of hydrogen-bond donors (Lipinski definition) is 0. The average molecular weight is 294 g/mol. The summed E-state index contributed by atoms with van der Waals surface area (Å²) in [5.41, 5.74) is 0.142. The average Bonchev–Trinajstić information content (AvgIpc) is 2.86. The van der Waals surface area contributed by atoms with Gasteiger partial charge in [0.15, 0.2) is 5.78 Å². The predicted molar refractivity (Wildman–Crippen MR) is 73.6 cm³/mol.